The Balaban J connectivity index is 0.00000128. The summed E-state index contributed by atoms with van der Waals surface area (Å²) in [5.41, 5.74) is 2.99. The zero-order chi connectivity index (χ0) is 10.3. The number of benzene rings is 2. The average Bonchev–Trinajstić information content (AvgIpc) is 2.32. The normalized spacial score (nSPS) is 8.47. The van der Waals surface area contributed by atoms with Crippen LogP contribution in [-0.4, -0.2) is 0 Å². The molecule has 2 aromatic carbocycles. The molecule has 17 heavy (non-hydrogen) atoms. The first-order valence-corrected chi connectivity index (χ1v) is 7.44. The molecule has 0 N–H and O–H groups in total. The maximum atomic E-state index is 2.23. The first-order chi connectivity index (χ1) is 7.45. The van der Waals surface area contributed by atoms with E-state index in [9.17, 15) is 0 Å². The Morgan fingerprint density at radius 3 is 1.29 bits per heavy atom. The molecule has 88 valence electrons. The van der Waals surface area contributed by atoms with Crippen LogP contribution in [0.5, 0.6) is 0 Å². The molecule has 0 spiro atoms. The third-order valence-corrected chi connectivity index (χ3v) is 4.40. The van der Waals surface area contributed by atoms with Crippen LogP contribution in [0.2, 0.25) is 0 Å². The van der Waals surface area contributed by atoms with Gasteiger partial charge in [-0.15, -0.1) is 0 Å². The van der Waals surface area contributed by atoms with Gasteiger partial charge in [0.05, 0.1) is 0 Å². The Labute approximate surface area is 110 Å². The van der Waals surface area contributed by atoms with E-state index < -0.39 is 0 Å². The summed E-state index contributed by atoms with van der Waals surface area (Å²) in [4.78, 5) is 0. The SMILES string of the molecule is [F-].[F-].c1ccc([CH2][Ti+2][CH2]c2ccccc2)cc1. The van der Waals surface area contributed by atoms with Gasteiger partial charge in [-0.05, 0) is 0 Å². The first-order valence-electron chi connectivity index (χ1n) is 5.24. The fraction of sp³-hybridized carbons (Fsp3) is 0.143. The van der Waals surface area contributed by atoms with Gasteiger partial charge in [0.25, 0.3) is 0 Å². The number of halogens is 2. The third kappa shape index (κ3) is 5.76. The van der Waals surface area contributed by atoms with Crippen LogP contribution < -0.4 is 9.41 Å². The molecule has 0 amide bonds. The van der Waals surface area contributed by atoms with Crippen molar-refractivity contribution in [1.82, 2.24) is 0 Å². The molecule has 0 unspecified atom stereocenters. The second-order valence-electron chi connectivity index (χ2n) is 3.57. The molecular formula is C14H14F2Ti. The summed E-state index contributed by atoms with van der Waals surface area (Å²) in [6.07, 6.45) is 0. The standard InChI is InChI=1S/2C7H7.2FH.Ti/c2*1-7-5-3-2-4-6-7;;;/h2*2-6H,1H2;2*1H;/q;;;;+2/p-2. The van der Waals surface area contributed by atoms with Crippen molar-refractivity contribution in [2.24, 2.45) is 0 Å². The second-order valence-corrected chi connectivity index (χ2v) is 5.46. The minimum absolute atomic E-state index is 0. The van der Waals surface area contributed by atoms with Gasteiger partial charge < -0.3 is 9.41 Å². The summed E-state index contributed by atoms with van der Waals surface area (Å²) < 4.78 is 2.60. The Kier molecular flexibility index (Phi) is 8.56. The van der Waals surface area contributed by atoms with E-state index in [1.54, 1.807) is 0 Å². The predicted molar refractivity (Wildman–Crippen MR) is 60.3 cm³/mol. The molecule has 0 heterocycles. The average molecular weight is 268 g/mol. The second kappa shape index (κ2) is 9.09. The van der Waals surface area contributed by atoms with Crippen LogP contribution in [0.1, 0.15) is 11.1 Å². The van der Waals surface area contributed by atoms with Gasteiger partial charge in [0.1, 0.15) is 0 Å². The summed E-state index contributed by atoms with van der Waals surface area (Å²) >= 11 is 0.136. The Bertz CT molecular complexity index is 350. The summed E-state index contributed by atoms with van der Waals surface area (Å²) in [5.74, 6) is 0. The van der Waals surface area contributed by atoms with Gasteiger partial charge in [0.2, 0.25) is 0 Å². The molecule has 3 heteroatoms. The summed E-state index contributed by atoms with van der Waals surface area (Å²) in [6.45, 7) is 0. The van der Waals surface area contributed by atoms with Crippen LogP contribution in [-0.2, 0) is 28.6 Å². The monoisotopic (exact) mass is 268 g/mol. The quantitative estimate of drug-likeness (QED) is 0.537. The molecule has 0 saturated heterocycles. The summed E-state index contributed by atoms with van der Waals surface area (Å²) in [6, 6.07) is 21.6. The van der Waals surface area contributed by atoms with E-state index in [0.29, 0.717) is 0 Å². The molecule has 2 aromatic rings. The Hall–Kier alpha value is -0.986. The van der Waals surface area contributed by atoms with Gasteiger partial charge in [-0.1, -0.05) is 0 Å². The van der Waals surface area contributed by atoms with Crippen molar-refractivity contribution in [3.63, 3.8) is 0 Å². The van der Waals surface area contributed by atoms with Gasteiger partial charge >= 0.3 is 100 Å². The van der Waals surface area contributed by atoms with Crippen molar-refractivity contribution < 1.29 is 28.6 Å². The zero-order valence-corrected chi connectivity index (χ0v) is 11.0. The van der Waals surface area contributed by atoms with Gasteiger partial charge in [-0.25, -0.2) is 0 Å². The van der Waals surface area contributed by atoms with Crippen molar-refractivity contribution in [1.29, 1.82) is 0 Å². The van der Waals surface area contributed by atoms with Crippen LogP contribution in [0, 0.1) is 0 Å². The van der Waals surface area contributed by atoms with Crippen LogP contribution in [0.25, 0.3) is 0 Å². The minimum atomic E-state index is 0. The van der Waals surface area contributed by atoms with E-state index in [1.807, 2.05) is 0 Å². The molecule has 0 aliphatic rings. The molecule has 0 aromatic heterocycles. The molecule has 0 saturated carbocycles. The summed E-state index contributed by atoms with van der Waals surface area (Å²) in [5, 5.41) is 0. The van der Waals surface area contributed by atoms with E-state index >= 15 is 0 Å². The molecule has 0 aliphatic carbocycles. The molecule has 2 rings (SSSR count). The number of hydrogen-bond donors (Lipinski definition) is 0. The fourth-order valence-electron chi connectivity index (χ4n) is 1.54. The van der Waals surface area contributed by atoms with Gasteiger partial charge in [-0.2, -0.15) is 0 Å². The van der Waals surface area contributed by atoms with Crippen molar-refractivity contribution in [2.75, 3.05) is 0 Å². The zero-order valence-electron chi connectivity index (χ0n) is 9.44. The van der Waals surface area contributed by atoms with E-state index in [2.05, 4.69) is 60.7 Å². The van der Waals surface area contributed by atoms with E-state index in [4.69, 9.17) is 0 Å². The Morgan fingerprint density at radius 1 is 0.588 bits per heavy atom. The van der Waals surface area contributed by atoms with Crippen LogP contribution in [0.3, 0.4) is 0 Å². The molecule has 0 fully saturated rings. The van der Waals surface area contributed by atoms with Crippen LogP contribution in [0.15, 0.2) is 60.7 Å². The van der Waals surface area contributed by atoms with Crippen LogP contribution >= 0.6 is 0 Å². The molecule has 0 atom stereocenters. The topological polar surface area (TPSA) is 0 Å². The number of hydrogen-bond acceptors (Lipinski definition) is 0. The molecule has 0 aliphatic heterocycles. The van der Waals surface area contributed by atoms with E-state index in [-0.39, 0.29) is 28.6 Å². The van der Waals surface area contributed by atoms with Gasteiger partial charge in [0.15, 0.2) is 0 Å². The van der Waals surface area contributed by atoms with Crippen molar-refractivity contribution >= 4 is 0 Å². The van der Waals surface area contributed by atoms with Crippen LogP contribution in [0.4, 0.5) is 0 Å². The Morgan fingerprint density at radius 2 is 0.941 bits per heavy atom. The van der Waals surface area contributed by atoms with Crippen molar-refractivity contribution in [3.05, 3.63) is 71.8 Å². The predicted octanol–water partition coefficient (Wildman–Crippen LogP) is -2.52. The molecule has 0 bridgehead atoms. The number of rotatable bonds is 4. The molecule has 0 radical (unpaired) electrons. The molecular weight excluding hydrogens is 254 g/mol. The fourth-order valence-corrected chi connectivity index (χ4v) is 3.38. The first kappa shape index (κ1) is 16.0. The van der Waals surface area contributed by atoms with Crippen molar-refractivity contribution in [3.8, 4) is 0 Å². The molecule has 0 nitrogen and oxygen atoms in total. The van der Waals surface area contributed by atoms with Gasteiger partial charge in [-0.3, -0.25) is 0 Å². The van der Waals surface area contributed by atoms with E-state index in [0.717, 1.165) is 0 Å². The van der Waals surface area contributed by atoms with E-state index in [1.165, 1.54) is 20.6 Å². The van der Waals surface area contributed by atoms with Gasteiger partial charge in [0, 0.05) is 0 Å². The summed E-state index contributed by atoms with van der Waals surface area (Å²) in [7, 11) is 0. The third-order valence-electron chi connectivity index (χ3n) is 2.34. The van der Waals surface area contributed by atoms with Crippen molar-refractivity contribution in [2.45, 2.75) is 9.45 Å². The maximum absolute atomic E-state index is 2.23.